The minimum absolute atomic E-state index is 0.211. The van der Waals surface area contributed by atoms with Crippen LogP contribution in [0.1, 0.15) is 44.5 Å². The van der Waals surface area contributed by atoms with Crippen LogP contribution in [-0.4, -0.2) is 28.0 Å². The summed E-state index contributed by atoms with van der Waals surface area (Å²) in [6.07, 6.45) is 2.41. The van der Waals surface area contributed by atoms with E-state index in [0.29, 0.717) is 17.8 Å². The number of ether oxygens (including phenoxy) is 1. The molecule has 1 heterocycles. The van der Waals surface area contributed by atoms with E-state index in [4.69, 9.17) is 16.3 Å². The molecular weight excluding hydrogens is 214 g/mol. The SMILES string of the molecule is CCOCC(C)n1c(Cl)nnc1C1CC1. The van der Waals surface area contributed by atoms with E-state index in [1.165, 1.54) is 12.8 Å². The Morgan fingerprint density at radius 3 is 2.87 bits per heavy atom. The summed E-state index contributed by atoms with van der Waals surface area (Å²) >= 11 is 6.02. The van der Waals surface area contributed by atoms with E-state index in [9.17, 15) is 0 Å². The third-order valence-corrected chi connectivity index (χ3v) is 2.88. The Balaban J connectivity index is 2.13. The van der Waals surface area contributed by atoms with Crippen molar-refractivity contribution in [2.24, 2.45) is 0 Å². The van der Waals surface area contributed by atoms with Crippen molar-refractivity contribution in [3.63, 3.8) is 0 Å². The third kappa shape index (κ3) is 2.32. The van der Waals surface area contributed by atoms with Crippen LogP contribution in [0.15, 0.2) is 0 Å². The monoisotopic (exact) mass is 229 g/mol. The molecular formula is C10H16ClN3O. The lowest BCUT2D eigenvalue weighted by molar-refractivity contribution is 0.118. The Bertz CT molecular complexity index is 335. The molecule has 2 rings (SSSR count). The van der Waals surface area contributed by atoms with Gasteiger partial charge in [-0.25, -0.2) is 0 Å². The molecule has 0 aromatic carbocycles. The molecule has 0 spiro atoms. The van der Waals surface area contributed by atoms with Crippen molar-refractivity contribution in [2.75, 3.05) is 13.2 Å². The zero-order chi connectivity index (χ0) is 10.8. The van der Waals surface area contributed by atoms with Gasteiger partial charge in [-0.15, -0.1) is 10.2 Å². The number of hydrogen-bond acceptors (Lipinski definition) is 3. The molecule has 0 radical (unpaired) electrons. The van der Waals surface area contributed by atoms with E-state index in [2.05, 4.69) is 17.1 Å². The molecule has 4 nitrogen and oxygen atoms in total. The first-order chi connectivity index (χ1) is 7.24. The summed E-state index contributed by atoms with van der Waals surface area (Å²) in [5.74, 6) is 1.58. The van der Waals surface area contributed by atoms with E-state index >= 15 is 0 Å². The predicted molar refractivity (Wildman–Crippen MR) is 58.2 cm³/mol. The topological polar surface area (TPSA) is 39.9 Å². The Hall–Kier alpha value is -0.610. The van der Waals surface area contributed by atoms with Gasteiger partial charge in [-0.2, -0.15) is 0 Å². The van der Waals surface area contributed by atoms with Crippen LogP contribution in [0.25, 0.3) is 0 Å². The summed E-state index contributed by atoms with van der Waals surface area (Å²) in [6.45, 7) is 5.45. The van der Waals surface area contributed by atoms with E-state index in [-0.39, 0.29) is 6.04 Å². The van der Waals surface area contributed by atoms with Crippen LogP contribution in [-0.2, 0) is 4.74 Å². The normalized spacial score (nSPS) is 18.1. The van der Waals surface area contributed by atoms with Crippen LogP contribution >= 0.6 is 11.6 Å². The van der Waals surface area contributed by atoms with Gasteiger partial charge in [-0.3, -0.25) is 4.57 Å². The van der Waals surface area contributed by atoms with E-state index in [1.54, 1.807) is 0 Å². The van der Waals surface area contributed by atoms with Crippen molar-refractivity contribution in [1.29, 1.82) is 0 Å². The maximum atomic E-state index is 6.02. The van der Waals surface area contributed by atoms with Gasteiger partial charge in [0, 0.05) is 12.5 Å². The summed E-state index contributed by atoms with van der Waals surface area (Å²) in [5.41, 5.74) is 0. The molecule has 1 aromatic heterocycles. The lowest BCUT2D eigenvalue weighted by Gasteiger charge is -2.15. The van der Waals surface area contributed by atoms with Crippen LogP contribution < -0.4 is 0 Å². The van der Waals surface area contributed by atoms with Gasteiger partial charge in [0.05, 0.1) is 12.6 Å². The molecule has 0 bridgehead atoms. The fraction of sp³-hybridized carbons (Fsp3) is 0.800. The Morgan fingerprint density at radius 1 is 1.53 bits per heavy atom. The molecule has 15 heavy (non-hydrogen) atoms. The Morgan fingerprint density at radius 2 is 2.27 bits per heavy atom. The minimum Gasteiger partial charge on any atom is -0.380 e. The second-order valence-corrected chi connectivity index (χ2v) is 4.32. The molecule has 0 saturated heterocycles. The highest BCUT2D eigenvalue weighted by atomic mass is 35.5. The van der Waals surface area contributed by atoms with Crippen molar-refractivity contribution in [2.45, 2.75) is 38.6 Å². The summed E-state index contributed by atoms with van der Waals surface area (Å²) in [7, 11) is 0. The van der Waals surface area contributed by atoms with Gasteiger partial charge in [0.2, 0.25) is 5.28 Å². The average molecular weight is 230 g/mol. The molecule has 0 N–H and O–H groups in total. The zero-order valence-corrected chi connectivity index (χ0v) is 9.87. The summed E-state index contributed by atoms with van der Waals surface area (Å²) in [5, 5.41) is 8.54. The number of rotatable bonds is 5. The van der Waals surface area contributed by atoms with Crippen LogP contribution in [0, 0.1) is 0 Å². The molecule has 1 aromatic rings. The highest BCUT2D eigenvalue weighted by Crippen LogP contribution is 2.40. The minimum atomic E-state index is 0.211. The second-order valence-electron chi connectivity index (χ2n) is 3.98. The lowest BCUT2D eigenvalue weighted by Crippen LogP contribution is -2.15. The number of halogens is 1. The first-order valence-electron chi connectivity index (χ1n) is 5.42. The van der Waals surface area contributed by atoms with Gasteiger partial charge >= 0.3 is 0 Å². The molecule has 1 aliphatic rings. The summed E-state index contributed by atoms with van der Waals surface area (Å²) < 4.78 is 7.39. The molecule has 5 heteroatoms. The molecule has 0 aliphatic heterocycles. The van der Waals surface area contributed by atoms with Crippen LogP contribution in [0.3, 0.4) is 0 Å². The number of nitrogens with zero attached hydrogens (tertiary/aromatic N) is 3. The number of aromatic nitrogens is 3. The predicted octanol–water partition coefficient (Wildman–Crippen LogP) is 2.41. The van der Waals surface area contributed by atoms with Crippen LogP contribution in [0.2, 0.25) is 5.28 Å². The maximum Gasteiger partial charge on any atom is 0.225 e. The van der Waals surface area contributed by atoms with Crippen LogP contribution in [0.4, 0.5) is 0 Å². The Kier molecular flexibility index (Phi) is 3.26. The first kappa shape index (κ1) is 10.9. The maximum absolute atomic E-state index is 6.02. The molecule has 84 valence electrons. The third-order valence-electron chi connectivity index (χ3n) is 2.63. The quantitative estimate of drug-likeness (QED) is 0.779. The molecule has 1 atom stereocenters. The first-order valence-corrected chi connectivity index (χ1v) is 5.79. The van der Waals surface area contributed by atoms with Gasteiger partial charge in [-0.1, -0.05) is 0 Å². The van der Waals surface area contributed by atoms with Gasteiger partial charge < -0.3 is 4.74 Å². The summed E-state index contributed by atoms with van der Waals surface area (Å²) in [6, 6.07) is 0.211. The van der Waals surface area contributed by atoms with Crippen molar-refractivity contribution >= 4 is 11.6 Å². The van der Waals surface area contributed by atoms with Crippen molar-refractivity contribution in [3.05, 3.63) is 11.1 Å². The van der Waals surface area contributed by atoms with Gasteiger partial charge in [0.1, 0.15) is 5.82 Å². The highest BCUT2D eigenvalue weighted by molar-refractivity contribution is 6.28. The molecule has 0 amide bonds. The second kappa shape index (κ2) is 4.49. The molecule has 1 fully saturated rings. The van der Waals surface area contributed by atoms with E-state index in [1.807, 2.05) is 11.5 Å². The van der Waals surface area contributed by atoms with Gasteiger partial charge in [-0.05, 0) is 38.3 Å². The molecule has 1 aliphatic carbocycles. The zero-order valence-electron chi connectivity index (χ0n) is 9.11. The Labute approximate surface area is 94.6 Å². The molecule has 1 unspecified atom stereocenters. The summed E-state index contributed by atoms with van der Waals surface area (Å²) in [4.78, 5) is 0. The van der Waals surface area contributed by atoms with E-state index < -0.39 is 0 Å². The smallest absolute Gasteiger partial charge is 0.225 e. The van der Waals surface area contributed by atoms with Crippen molar-refractivity contribution in [1.82, 2.24) is 14.8 Å². The lowest BCUT2D eigenvalue weighted by atomic mass is 10.3. The van der Waals surface area contributed by atoms with Crippen molar-refractivity contribution < 1.29 is 4.74 Å². The van der Waals surface area contributed by atoms with Gasteiger partial charge in [0.15, 0.2) is 0 Å². The fourth-order valence-corrected chi connectivity index (χ4v) is 1.96. The highest BCUT2D eigenvalue weighted by Gasteiger charge is 2.31. The average Bonchev–Trinajstić information content (AvgIpc) is 2.99. The van der Waals surface area contributed by atoms with Gasteiger partial charge in [0.25, 0.3) is 0 Å². The number of hydrogen-bond donors (Lipinski definition) is 0. The largest absolute Gasteiger partial charge is 0.380 e. The van der Waals surface area contributed by atoms with Crippen LogP contribution in [0.5, 0.6) is 0 Å². The fourth-order valence-electron chi connectivity index (χ4n) is 1.67. The molecule has 1 saturated carbocycles. The van der Waals surface area contributed by atoms with E-state index in [0.717, 1.165) is 12.4 Å². The van der Waals surface area contributed by atoms with Crippen molar-refractivity contribution in [3.8, 4) is 0 Å². The standard InChI is InChI=1S/C10H16ClN3O/c1-3-15-6-7(2)14-9(8-4-5-8)12-13-10(14)11/h7-8H,3-6H2,1-2H3.